The van der Waals surface area contributed by atoms with Crippen LogP contribution in [0.4, 0.5) is 0 Å². The van der Waals surface area contributed by atoms with Crippen LogP contribution in [0.1, 0.15) is 62.1 Å². The Balaban J connectivity index is 1.85. The summed E-state index contributed by atoms with van der Waals surface area (Å²) in [6.45, 7) is 8.78. The largest absolute Gasteiger partial charge is 0.468 e. The van der Waals surface area contributed by atoms with Crippen molar-refractivity contribution >= 4 is 0 Å². The van der Waals surface area contributed by atoms with Gasteiger partial charge in [-0.15, -0.1) is 0 Å². The van der Waals surface area contributed by atoms with E-state index in [4.69, 9.17) is 8.83 Å². The molecule has 3 heteroatoms. The summed E-state index contributed by atoms with van der Waals surface area (Å²) < 4.78 is 11.4. The Hall–Kier alpha value is -1.48. The number of nitrogens with one attached hydrogen (secondary N) is 1. The van der Waals surface area contributed by atoms with E-state index in [0.717, 1.165) is 30.1 Å². The molecular weight excluding hydrogens is 250 g/mol. The summed E-state index contributed by atoms with van der Waals surface area (Å²) in [5.41, 5.74) is 1.58. The smallest absolute Gasteiger partial charge is 0.120 e. The van der Waals surface area contributed by atoms with E-state index in [1.54, 1.807) is 6.26 Å². The van der Waals surface area contributed by atoms with Gasteiger partial charge in [-0.2, -0.15) is 0 Å². The lowest BCUT2D eigenvalue weighted by atomic mass is 9.74. The first-order chi connectivity index (χ1) is 9.44. The van der Waals surface area contributed by atoms with Crippen LogP contribution in [-0.2, 0) is 6.42 Å². The van der Waals surface area contributed by atoms with Crippen LogP contribution >= 0.6 is 0 Å². The predicted molar refractivity (Wildman–Crippen MR) is 78.5 cm³/mol. The van der Waals surface area contributed by atoms with Gasteiger partial charge in [0.1, 0.15) is 17.3 Å². The minimum Gasteiger partial charge on any atom is -0.468 e. The first kappa shape index (κ1) is 13.5. The Labute approximate surface area is 120 Å². The molecule has 0 radical (unpaired) electrons. The zero-order valence-corrected chi connectivity index (χ0v) is 12.7. The maximum absolute atomic E-state index is 5.88. The Morgan fingerprint density at radius 1 is 1.40 bits per heavy atom. The molecule has 2 unspecified atom stereocenters. The van der Waals surface area contributed by atoms with Gasteiger partial charge in [0.2, 0.25) is 0 Å². The quantitative estimate of drug-likeness (QED) is 0.891. The van der Waals surface area contributed by atoms with Gasteiger partial charge in [-0.1, -0.05) is 13.8 Å². The van der Waals surface area contributed by atoms with Crippen molar-refractivity contribution in [3.05, 3.63) is 47.3 Å². The second-order valence-corrected chi connectivity index (χ2v) is 6.74. The molecule has 20 heavy (non-hydrogen) atoms. The first-order valence-corrected chi connectivity index (χ1v) is 7.33. The van der Waals surface area contributed by atoms with Crippen molar-refractivity contribution in [2.75, 3.05) is 0 Å². The van der Waals surface area contributed by atoms with E-state index in [9.17, 15) is 0 Å². The molecule has 1 aliphatic rings. The van der Waals surface area contributed by atoms with Crippen LogP contribution in [0.2, 0.25) is 0 Å². The van der Waals surface area contributed by atoms with E-state index in [1.165, 1.54) is 5.56 Å². The summed E-state index contributed by atoms with van der Waals surface area (Å²) >= 11 is 0. The fourth-order valence-electron chi connectivity index (χ4n) is 3.25. The van der Waals surface area contributed by atoms with Gasteiger partial charge < -0.3 is 14.2 Å². The average molecular weight is 273 g/mol. The van der Waals surface area contributed by atoms with E-state index in [0.29, 0.717) is 6.04 Å². The van der Waals surface area contributed by atoms with Gasteiger partial charge in [0.05, 0.1) is 12.3 Å². The van der Waals surface area contributed by atoms with E-state index >= 15 is 0 Å². The zero-order valence-electron chi connectivity index (χ0n) is 12.7. The maximum Gasteiger partial charge on any atom is 0.120 e. The first-order valence-electron chi connectivity index (χ1n) is 7.33. The number of aryl methyl sites for hydroxylation is 1. The van der Waals surface area contributed by atoms with Crippen molar-refractivity contribution in [2.24, 2.45) is 5.41 Å². The van der Waals surface area contributed by atoms with Crippen LogP contribution in [0.3, 0.4) is 0 Å². The Morgan fingerprint density at radius 2 is 2.20 bits per heavy atom. The molecule has 2 heterocycles. The highest BCUT2D eigenvalue weighted by Gasteiger charge is 2.35. The van der Waals surface area contributed by atoms with Crippen molar-refractivity contribution in [1.82, 2.24) is 5.32 Å². The van der Waals surface area contributed by atoms with Crippen molar-refractivity contribution in [3.8, 4) is 0 Å². The number of fused-ring (bicyclic) bond motifs is 1. The highest BCUT2D eigenvalue weighted by Crippen LogP contribution is 2.42. The zero-order chi connectivity index (χ0) is 14.3. The summed E-state index contributed by atoms with van der Waals surface area (Å²) in [6.07, 6.45) is 3.86. The van der Waals surface area contributed by atoms with Crippen molar-refractivity contribution in [2.45, 2.75) is 52.6 Å². The summed E-state index contributed by atoms with van der Waals surface area (Å²) in [6, 6.07) is 6.66. The van der Waals surface area contributed by atoms with E-state index < -0.39 is 0 Å². The molecule has 1 N–H and O–H groups in total. The third-order valence-electron chi connectivity index (χ3n) is 4.16. The van der Waals surface area contributed by atoms with Gasteiger partial charge in [-0.05, 0) is 43.9 Å². The van der Waals surface area contributed by atoms with Gasteiger partial charge in [0.15, 0.2) is 0 Å². The Bertz CT molecular complexity index is 580. The summed E-state index contributed by atoms with van der Waals surface area (Å²) in [5.74, 6) is 3.13. The molecular formula is C17H23NO2. The normalized spacial score (nSPS) is 22.5. The van der Waals surface area contributed by atoms with Crippen LogP contribution in [0, 0.1) is 12.3 Å². The lowest BCUT2D eigenvalue weighted by Gasteiger charge is -2.36. The van der Waals surface area contributed by atoms with Gasteiger partial charge in [0, 0.05) is 18.0 Å². The van der Waals surface area contributed by atoms with Crippen LogP contribution in [0.25, 0.3) is 0 Å². The summed E-state index contributed by atoms with van der Waals surface area (Å²) in [4.78, 5) is 0. The molecule has 3 nitrogen and oxygen atoms in total. The highest BCUT2D eigenvalue weighted by atomic mass is 16.3. The number of furan rings is 2. The van der Waals surface area contributed by atoms with Crippen LogP contribution in [-0.4, -0.2) is 0 Å². The molecule has 2 aromatic rings. The van der Waals surface area contributed by atoms with Crippen molar-refractivity contribution < 1.29 is 8.83 Å². The topological polar surface area (TPSA) is 38.3 Å². The maximum atomic E-state index is 5.88. The van der Waals surface area contributed by atoms with E-state index in [-0.39, 0.29) is 11.5 Å². The SMILES string of the molecule is Cc1cc2c(o1)CC(C)(C)CC2NC(C)c1ccco1. The molecule has 0 bridgehead atoms. The molecule has 0 amide bonds. The molecule has 0 saturated carbocycles. The fraction of sp³-hybridized carbons (Fsp3) is 0.529. The summed E-state index contributed by atoms with van der Waals surface area (Å²) in [5, 5.41) is 3.69. The second-order valence-electron chi connectivity index (χ2n) is 6.74. The van der Waals surface area contributed by atoms with Crippen LogP contribution < -0.4 is 5.32 Å². The Morgan fingerprint density at radius 3 is 2.90 bits per heavy atom. The molecule has 0 fully saturated rings. The van der Waals surface area contributed by atoms with Crippen molar-refractivity contribution in [1.29, 1.82) is 0 Å². The highest BCUT2D eigenvalue weighted by molar-refractivity contribution is 5.29. The standard InChI is InChI=1S/C17H23NO2/c1-11-8-13-14(9-17(3,4)10-16(13)20-11)18-12(2)15-6-5-7-19-15/h5-8,12,14,18H,9-10H2,1-4H3. The molecule has 108 valence electrons. The fourth-order valence-corrected chi connectivity index (χ4v) is 3.25. The second kappa shape index (κ2) is 4.81. The van der Waals surface area contributed by atoms with Gasteiger partial charge in [-0.3, -0.25) is 0 Å². The molecule has 0 aliphatic heterocycles. The summed E-state index contributed by atoms with van der Waals surface area (Å²) in [7, 11) is 0. The lowest BCUT2D eigenvalue weighted by Crippen LogP contribution is -2.33. The molecule has 1 aliphatic carbocycles. The van der Waals surface area contributed by atoms with Crippen LogP contribution in [0.15, 0.2) is 33.3 Å². The Kier molecular flexibility index (Phi) is 3.25. The number of hydrogen-bond acceptors (Lipinski definition) is 3. The van der Waals surface area contributed by atoms with Crippen LogP contribution in [0.5, 0.6) is 0 Å². The van der Waals surface area contributed by atoms with Crippen molar-refractivity contribution in [3.63, 3.8) is 0 Å². The third-order valence-corrected chi connectivity index (χ3v) is 4.16. The monoisotopic (exact) mass is 273 g/mol. The molecule has 0 spiro atoms. The van der Waals surface area contributed by atoms with Gasteiger partial charge >= 0.3 is 0 Å². The molecule has 2 aromatic heterocycles. The molecule has 3 rings (SSSR count). The number of hydrogen-bond donors (Lipinski definition) is 1. The van der Waals surface area contributed by atoms with E-state index in [1.807, 2.05) is 19.1 Å². The molecule has 0 aromatic carbocycles. The average Bonchev–Trinajstić information content (AvgIpc) is 2.95. The molecule has 0 saturated heterocycles. The minimum absolute atomic E-state index is 0.201. The van der Waals surface area contributed by atoms with Gasteiger partial charge in [-0.25, -0.2) is 0 Å². The number of rotatable bonds is 3. The predicted octanol–water partition coefficient (Wildman–Crippen LogP) is 4.55. The lowest BCUT2D eigenvalue weighted by molar-refractivity contribution is 0.222. The van der Waals surface area contributed by atoms with E-state index in [2.05, 4.69) is 32.2 Å². The molecule has 2 atom stereocenters. The third kappa shape index (κ3) is 2.55. The van der Waals surface area contributed by atoms with Gasteiger partial charge in [0.25, 0.3) is 0 Å². The minimum atomic E-state index is 0.201.